The average molecular weight is 231 g/mol. The van der Waals surface area contributed by atoms with Gasteiger partial charge in [-0.15, -0.1) is 5.10 Å². The van der Waals surface area contributed by atoms with Crippen molar-refractivity contribution in [1.82, 2.24) is 20.2 Å². The van der Waals surface area contributed by atoms with E-state index in [2.05, 4.69) is 34.7 Å². The standard InChI is InChI=1S/C12H17N5/c1-3-4-10(2)14-11-5-7-12(8-6-11)17-9-13-15-16-17/h5-10,14H,3-4H2,1-2H3. The molecule has 2 rings (SSSR count). The minimum atomic E-state index is 0.499. The molecule has 0 spiro atoms. The second-order valence-corrected chi connectivity index (χ2v) is 4.14. The van der Waals surface area contributed by atoms with E-state index in [1.165, 1.54) is 12.8 Å². The van der Waals surface area contributed by atoms with Gasteiger partial charge in [-0.05, 0) is 48.0 Å². The Bertz CT molecular complexity index is 434. The van der Waals surface area contributed by atoms with Gasteiger partial charge in [0.1, 0.15) is 6.33 Å². The Kier molecular flexibility index (Phi) is 3.69. The molecule has 90 valence electrons. The van der Waals surface area contributed by atoms with Gasteiger partial charge in [0.25, 0.3) is 0 Å². The summed E-state index contributed by atoms with van der Waals surface area (Å²) >= 11 is 0. The Morgan fingerprint density at radius 3 is 2.65 bits per heavy atom. The van der Waals surface area contributed by atoms with Crippen LogP contribution in [0.5, 0.6) is 0 Å². The fourth-order valence-corrected chi connectivity index (χ4v) is 1.78. The third-order valence-electron chi connectivity index (χ3n) is 2.62. The molecule has 17 heavy (non-hydrogen) atoms. The van der Waals surface area contributed by atoms with Gasteiger partial charge < -0.3 is 5.32 Å². The molecule has 0 saturated heterocycles. The van der Waals surface area contributed by atoms with Gasteiger partial charge in [-0.2, -0.15) is 0 Å². The fourth-order valence-electron chi connectivity index (χ4n) is 1.78. The lowest BCUT2D eigenvalue weighted by atomic mass is 10.2. The minimum absolute atomic E-state index is 0.499. The average Bonchev–Trinajstić information content (AvgIpc) is 2.84. The number of hydrogen-bond donors (Lipinski definition) is 1. The van der Waals surface area contributed by atoms with Gasteiger partial charge in [0, 0.05) is 11.7 Å². The van der Waals surface area contributed by atoms with Crippen molar-refractivity contribution in [3.63, 3.8) is 0 Å². The second kappa shape index (κ2) is 5.43. The Morgan fingerprint density at radius 1 is 1.29 bits per heavy atom. The monoisotopic (exact) mass is 231 g/mol. The van der Waals surface area contributed by atoms with Crippen LogP contribution < -0.4 is 5.32 Å². The Morgan fingerprint density at radius 2 is 2.06 bits per heavy atom. The molecule has 1 heterocycles. The highest BCUT2D eigenvalue weighted by atomic mass is 15.5. The largest absolute Gasteiger partial charge is 0.383 e. The number of rotatable bonds is 5. The Labute approximate surface area is 101 Å². The predicted molar refractivity (Wildman–Crippen MR) is 67.1 cm³/mol. The number of nitrogens with zero attached hydrogens (tertiary/aromatic N) is 4. The maximum atomic E-state index is 3.84. The van der Waals surface area contributed by atoms with Crippen LogP contribution in [0.15, 0.2) is 30.6 Å². The van der Waals surface area contributed by atoms with E-state index in [0.717, 1.165) is 11.4 Å². The number of tetrazole rings is 1. The summed E-state index contributed by atoms with van der Waals surface area (Å²) in [6.07, 6.45) is 3.95. The maximum Gasteiger partial charge on any atom is 0.143 e. The molecule has 1 atom stereocenters. The van der Waals surface area contributed by atoms with Crippen LogP contribution in [0.3, 0.4) is 0 Å². The van der Waals surface area contributed by atoms with Gasteiger partial charge in [-0.25, -0.2) is 4.68 Å². The fraction of sp³-hybridized carbons (Fsp3) is 0.417. The van der Waals surface area contributed by atoms with Crippen LogP contribution in [0, 0.1) is 0 Å². The van der Waals surface area contributed by atoms with Crippen molar-refractivity contribution in [2.24, 2.45) is 0 Å². The van der Waals surface area contributed by atoms with Crippen molar-refractivity contribution in [1.29, 1.82) is 0 Å². The molecule has 0 bridgehead atoms. The van der Waals surface area contributed by atoms with Gasteiger partial charge in [0.05, 0.1) is 5.69 Å². The summed E-state index contributed by atoms with van der Waals surface area (Å²) in [4.78, 5) is 0. The molecule has 0 amide bonds. The summed E-state index contributed by atoms with van der Waals surface area (Å²) in [6, 6.07) is 8.58. The summed E-state index contributed by atoms with van der Waals surface area (Å²) in [5, 5.41) is 14.5. The van der Waals surface area contributed by atoms with E-state index in [1.807, 2.05) is 24.3 Å². The van der Waals surface area contributed by atoms with Crippen molar-refractivity contribution in [2.45, 2.75) is 32.7 Å². The van der Waals surface area contributed by atoms with Crippen LogP contribution in [0.2, 0.25) is 0 Å². The molecule has 0 aliphatic rings. The molecule has 2 aromatic rings. The summed E-state index contributed by atoms with van der Waals surface area (Å²) in [5.41, 5.74) is 2.09. The van der Waals surface area contributed by atoms with Gasteiger partial charge in [0.15, 0.2) is 0 Å². The van der Waals surface area contributed by atoms with Gasteiger partial charge in [0.2, 0.25) is 0 Å². The molecular weight excluding hydrogens is 214 g/mol. The zero-order valence-electron chi connectivity index (χ0n) is 10.2. The maximum absolute atomic E-state index is 3.84. The van der Waals surface area contributed by atoms with E-state index < -0.39 is 0 Å². The van der Waals surface area contributed by atoms with Crippen molar-refractivity contribution >= 4 is 5.69 Å². The molecule has 0 aliphatic carbocycles. The first kappa shape index (κ1) is 11.6. The Balaban J connectivity index is 2.03. The van der Waals surface area contributed by atoms with E-state index in [9.17, 15) is 0 Å². The molecule has 0 saturated carbocycles. The van der Waals surface area contributed by atoms with Crippen molar-refractivity contribution in [3.05, 3.63) is 30.6 Å². The summed E-state index contributed by atoms with van der Waals surface area (Å²) in [5.74, 6) is 0. The normalized spacial score (nSPS) is 12.4. The zero-order chi connectivity index (χ0) is 12.1. The third-order valence-corrected chi connectivity index (χ3v) is 2.62. The number of aromatic nitrogens is 4. The van der Waals surface area contributed by atoms with Gasteiger partial charge in [-0.1, -0.05) is 13.3 Å². The van der Waals surface area contributed by atoms with E-state index in [0.29, 0.717) is 6.04 Å². The predicted octanol–water partition coefficient (Wildman–Crippen LogP) is 2.26. The smallest absolute Gasteiger partial charge is 0.143 e. The van der Waals surface area contributed by atoms with Gasteiger partial charge in [-0.3, -0.25) is 0 Å². The molecule has 0 aliphatic heterocycles. The molecule has 1 unspecified atom stereocenters. The van der Waals surface area contributed by atoms with Crippen LogP contribution in [0.4, 0.5) is 5.69 Å². The van der Waals surface area contributed by atoms with Crippen LogP contribution in [-0.4, -0.2) is 26.2 Å². The highest BCUT2D eigenvalue weighted by Crippen LogP contribution is 2.14. The third kappa shape index (κ3) is 3.03. The lowest BCUT2D eigenvalue weighted by Gasteiger charge is -2.14. The first-order valence-corrected chi connectivity index (χ1v) is 5.89. The minimum Gasteiger partial charge on any atom is -0.383 e. The quantitative estimate of drug-likeness (QED) is 0.857. The first-order chi connectivity index (χ1) is 8.29. The van der Waals surface area contributed by atoms with Gasteiger partial charge >= 0.3 is 0 Å². The molecule has 1 aromatic carbocycles. The molecule has 5 heteroatoms. The molecule has 1 aromatic heterocycles. The topological polar surface area (TPSA) is 55.6 Å². The molecule has 1 N–H and O–H groups in total. The molecule has 0 fully saturated rings. The first-order valence-electron chi connectivity index (χ1n) is 5.89. The number of anilines is 1. The lowest BCUT2D eigenvalue weighted by Crippen LogP contribution is -2.14. The SMILES string of the molecule is CCCC(C)Nc1ccc(-n2cnnn2)cc1. The number of nitrogens with one attached hydrogen (secondary N) is 1. The summed E-state index contributed by atoms with van der Waals surface area (Å²) in [7, 11) is 0. The highest BCUT2D eigenvalue weighted by Gasteiger charge is 2.01. The van der Waals surface area contributed by atoms with Crippen LogP contribution in [0.25, 0.3) is 5.69 Å². The van der Waals surface area contributed by atoms with Crippen molar-refractivity contribution < 1.29 is 0 Å². The van der Waals surface area contributed by atoms with E-state index in [1.54, 1.807) is 11.0 Å². The van der Waals surface area contributed by atoms with Crippen LogP contribution >= 0.6 is 0 Å². The van der Waals surface area contributed by atoms with E-state index in [4.69, 9.17) is 0 Å². The van der Waals surface area contributed by atoms with Crippen molar-refractivity contribution in [2.75, 3.05) is 5.32 Å². The Hall–Kier alpha value is -1.91. The zero-order valence-corrected chi connectivity index (χ0v) is 10.2. The lowest BCUT2D eigenvalue weighted by molar-refractivity contribution is 0.690. The van der Waals surface area contributed by atoms with E-state index >= 15 is 0 Å². The number of benzene rings is 1. The summed E-state index contributed by atoms with van der Waals surface area (Å²) < 4.78 is 1.64. The van der Waals surface area contributed by atoms with E-state index in [-0.39, 0.29) is 0 Å². The highest BCUT2D eigenvalue weighted by molar-refractivity contribution is 5.48. The molecular formula is C12H17N5. The van der Waals surface area contributed by atoms with Crippen LogP contribution in [0.1, 0.15) is 26.7 Å². The second-order valence-electron chi connectivity index (χ2n) is 4.14. The number of hydrogen-bond acceptors (Lipinski definition) is 4. The van der Waals surface area contributed by atoms with Crippen molar-refractivity contribution in [3.8, 4) is 5.69 Å². The summed E-state index contributed by atoms with van der Waals surface area (Å²) in [6.45, 7) is 4.39. The molecule has 5 nitrogen and oxygen atoms in total. The molecule has 0 radical (unpaired) electrons. The van der Waals surface area contributed by atoms with Crippen LogP contribution in [-0.2, 0) is 0 Å².